The average Bonchev–Trinajstić information content (AvgIpc) is 2.96. The van der Waals surface area contributed by atoms with Gasteiger partial charge < -0.3 is 15.3 Å². The molecule has 1 amide bonds. The van der Waals surface area contributed by atoms with Gasteiger partial charge in [0.1, 0.15) is 0 Å². The molecule has 5 heteroatoms. The molecule has 2 rings (SSSR count). The Bertz CT molecular complexity index is 359. The number of carboxylic acid groups (broad SMARTS) is 1. The molecule has 0 aromatic rings. The second-order valence-electron chi connectivity index (χ2n) is 5.86. The fourth-order valence-corrected chi connectivity index (χ4v) is 3.44. The molecule has 0 aromatic heterocycles. The van der Waals surface area contributed by atoms with Crippen molar-refractivity contribution >= 4 is 11.9 Å². The first-order valence-corrected chi connectivity index (χ1v) is 7.29. The number of likely N-dealkylation sites (N-methyl/N-ethyl adjacent to an activating group) is 1. The number of carbonyl (C=O) groups is 2. The third-order valence-electron chi connectivity index (χ3n) is 4.62. The number of nitrogens with zero attached hydrogens (tertiary/aromatic N) is 1. The standard InChI is InChI=1S/C14H24N2O3/c1-3-16(8-9(2)14(18)19)13(17)12-11-6-4-5-10(11)7-15-12/h9-12,15H,3-8H2,1-2H3,(H,18,19). The smallest absolute Gasteiger partial charge is 0.308 e. The van der Waals surface area contributed by atoms with Gasteiger partial charge in [-0.1, -0.05) is 13.3 Å². The zero-order valence-corrected chi connectivity index (χ0v) is 11.8. The highest BCUT2D eigenvalue weighted by Gasteiger charge is 2.43. The maximum absolute atomic E-state index is 12.5. The van der Waals surface area contributed by atoms with Crippen LogP contribution in [0.3, 0.4) is 0 Å². The van der Waals surface area contributed by atoms with Gasteiger partial charge in [-0.3, -0.25) is 9.59 Å². The molecule has 0 bridgehead atoms. The van der Waals surface area contributed by atoms with Crippen molar-refractivity contribution in [1.82, 2.24) is 10.2 Å². The number of fused-ring (bicyclic) bond motifs is 1. The number of carbonyl (C=O) groups excluding carboxylic acids is 1. The Morgan fingerprint density at radius 2 is 2.16 bits per heavy atom. The summed E-state index contributed by atoms with van der Waals surface area (Å²) >= 11 is 0. The highest BCUT2D eigenvalue weighted by molar-refractivity contribution is 5.83. The zero-order chi connectivity index (χ0) is 14.0. The number of carboxylic acids is 1. The summed E-state index contributed by atoms with van der Waals surface area (Å²) in [6.45, 7) is 5.38. The first-order valence-electron chi connectivity index (χ1n) is 7.29. The van der Waals surface area contributed by atoms with Gasteiger partial charge in [-0.05, 0) is 38.1 Å². The molecule has 19 heavy (non-hydrogen) atoms. The lowest BCUT2D eigenvalue weighted by Gasteiger charge is -2.28. The average molecular weight is 268 g/mol. The van der Waals surface area contributed by atoms with E-state index in [1.165, 1.54) is 12.8 Å². The van der Waals surface area contributed by atoms with Crippen LogP contribution in [0.2, 0.25) is 0 Å². The summed E-state index contributed by atoms with van der Waals surface area (Å²) in [7, 11) is 0. The maximum atomic E-state index is 12.5. The first-order chi connectivity index (χ1) is 9.04. The van der Waals surface area contributed by atoms with Crippen LogP contribution >= 0.6 is 0 Å². The monoisotopic (exact) mass is 268 g/mol. The summed E-state index contributed by atoms with van der Waals surface area (Å²) in [5.41, 5.74) is 0. The van der Waals surface area contributed by atoms with Crippen molar-refractivity contribution in [3.8, 4) is 0 Å². The van der Waals surface area contributed by atoms with Crippen molar-refractivity contribution in [2.75, 3.05) is 19.6 Å². The largest absolute Gasteiger partial charge is 0.481 e. The highest BCUT2D eigenvalue weighted by atomic mass is 16.4. The third kappa shape index (κ3) is 2.91. The van der Waals surface area contributed by atoms with Crippen LogP contribution in [0.4, 0.5) is 0 Å². The van der Waals surface area contributed by atoms with Gasteiger partial charge in [0, 0.05) is 13.1 Å². The summed E-state index contributed by atoms with van der Waals surface area (Å²) in [5.74, 6) is -0.162. The number of hydrogen-bond donors (Lipinski definition) is 2. The molecular weight excluding hydrogens is 244 g/mol. The van der Waals surface area contributed by atoms with E-state index in [2.05, 4.69) is 5.32 Å². The van der Waals surface area contributed by atoms with E-state index in [9.17, 15) is 9.59 Å². The molecule has 1 heterocycles. The van der Waals surface area contributed by atoms with Gasteiger partial charge in [0.25, 0.3) is 0 Å². The molecule has 5 nitrogen and oxygen atoms in total. The molecule has 4 atom stereocenters. The van der Waals surface area contributed by atoms with Crippen LogP contribution < -0.4 is 5.32 Å². The van der Waals surface area contributed by atoms with E-state index < -0.39 is 11.9 Å². The first kappa shape index (κ1) is 14.3. The van der Waals surface area contributed by atoms with E-state index in [1.807, 2.05) is 6.92 Å². The van der Waals surface area contributed by atoms with Gasteiger partial charge in [0.15, 0.2) is 0 Å². The summed E-state index contributed by atoms with van der Waals surface area (Å²) < 4.78 is 0. The minimum atomic E-state index is -0.843. The Kier molecular flexibility index (Phi) is 4.45. The SMILES string of the molecule is CCN(CC(C)C(=O)O)C(=O)C1NCC2CCCC21. The molecule has 2 N–H and O–H groups in total. The minimum Gasteiger partial charge on any atom is -0.481 e. The van der Waals surface area contributed by atoms with Gasteiger partial charge in [-0.25, -0.2) is 0 Å². The fraction of sp³-hybridized carbons (Fsp3) is 0.857. The molecule has 0 radical (unpaired) electrons. The Labute approximate surface area is 114 Å². The van der Waals surface area contributed by atoms with Gasteiger partial charge in [0.2, 0.25) is 5.91 Å². The quantitative estimate of drug-likeness (QED) is 0.778. The predicted molar refractivity (Wildman–Crippen MR) is 71.7 cm³/mol. The Morgan fingerprint density at radius 1 is 1.42 bits per heavy atom. The van der Waals surface area contributed by atoms with Gasteiger partial charge in [0.05, 0.1) is 12.0 Å². The van der Waals surface area contributed by atoms with Crippen LogP contribution in [-0.2, 0) is 9.59 Å². The topological polar surface area (TPSA) is 69.6 Å². The number of amides is 1. The number of rotatable bonds is 5. The summed E-state index contributed by atoms with van der Waals surface area (Å²) in [6.07, 6.45) is 3.57. The van der Waals surface area contributed by atoms with E-state index in [4.69, 9.17) is 5.11 Å². The Balaban J connectivity index is 1.98. The second kappa shape index (κ2) is 5.90. The molecule has 1 aliphatic heterocycles. The molecular formula is C14H24N2O3. The molecule has 2 aliphatic rings. The molecule has 2 fully saturated rings. The van der Waals surface area contributed by atoms with Gasteiger partial charge in [-0.15, -0.1) is 0 Å². The van der Waals surface area contributed by atoms with E-state index in [1.54, 1.807) is 11.8 Å². The van der Waals surface area contributed by atoms with E-state index in [0.29, 0.717) is 24.9 Å². The Morgan fingerprint density at radius 3 is 2.79 bits per heavy atom. The van der Waals surface area contributed by atoms with E-state index in [-0.39, 0.29) is 11.9 Å². The molecule has 1 saturated carbocycles. The molecule has 0 aromatic carbocycles. The normalized spacial score (nSPS) is 30.9. The van der Waals surface area contributed by atoms with Gasteiger partial charge in [-0.2, -0.15) is 0 Å². The van der Waals surface area contributed by atoms with Crippen LogP contribution in [0.15, 0.2) is 0 Å². The van der Waals surface area contributed by atoms with Crippen molar-refractivity contribution in [1.29, 1.82) is 0 Å². The zero-order valence-electron chi connectivity index (χ0n) is 11.8. The summed E-state index contributed by atoms with van der Waals surface area (Å²) in [4.78, 5) is 25.2. The van der Waals surface area contributed by atoms with Crippen molar-refractivity contribution in [2.24, 2.45) is 17.8 Å². The van der Waals surface area contributed by atoms with Gasteiger partial charge >= 0.3 is 5.97 Å². The fourth-order valence-electron chi connectivity index (χ4n) is 3.44. The van der Waals surface area contributed by atoms with Crippen molar-refractivity contribution in [3.63, 3.8) is 0 Å². The molecule has 108 valence electrons. The van der Waals surface area contributed by atoms with Crippen LogP contribution in [0, 0.1) is 17.8 Å². The third-order valence-corrected chi connectivity index (χ3v) is 4.62. The lowest BCUT2D eigenvalue weighted by atomic mass is 9.93. The number of hydrogen-bond acceptors (Lipinski definition) is 3. The lowest BCUT2D eigenvalue weighted by molar-refractivity contribution is -0.143. The summed E-state index contributed by atoms with van der Waals surface area (Å²) in [6, 6.07) is -0.0894. The van der Waals surface area contributed by atoms with Crippen LogP contribution in [0.5, 0.6) is 0 Å². The van der Waals surface area contributed by atoms with E-state index >= 15 is 0 Å². The van der Waals surface area contributed by atoms with Crippen molar-refractivity contribution < 1.29 is 14.7 Å². The van der Waals surface area contributed by atoms with Crippen LogP contribution in [0.25, 0.3) is 0 Å². The maximum Gasteiger partial charge on any atom is 0.308 e. The summed E-state index contributed by atoms with van der Waals surface area (Å²) in [5, 5.41) is 12.3. The number of nitrogens with one attached hydrogen (secondary N) is 1. The van der Waals surface area contributed by atoms with Crippen LogP contribution in [-0.4, -0.2) is 47.6 Å². The number of aliphatic carboxylic acids is 1. The highest BCUT2D eigenvalue weighted by Crippen LogP contribution is 2.38. The Hall–Kier alpha value is -1.10. The molecule has 1 saturated heterocycles. The molecule has 1 aliphatic carbocycles. The second-order valence-corrected chi connectivity index (χ2v) is 5.86. The van der Waals surface area contributed by atoms with Crippen LogP contribution in [0.1, 0.15) is 33.1 Å². The minimum absolute atomic E-state index is 0.0880. The molecule has 4 unspecified atom stereocenters. The molecule has 0 spiro atoms. The predicted octanol–water partition coefficient (Wildman–Crippen LogP) is 0.944. The van der Waals surface area contributed by atoms with E-state index in [0.717, 1.165) is 13.0 Å². The van der Waals surface area contributed by atoms with Crippen molar-refractivity contribution in [2.45, 2.75) is 39.2 Å². The van der Waals surface area contributed by atoms with Crippen molar-refractivity contribution in [3.05, 3.63) is 0 Å². The lowest BCUT2D eigenvalue weighted by Crippen LogP contribution is -2.48.